The van der Waals surface area contributed by atoms with Crippen LogP contribution in [0.2, 0.25) is 0 Å². The predicted octanol–water partition coefficient (Wildman–Crippen LogP) is 4.27. The van der Waals surface area contributed by atoms with Gasteiger partial charge in [0, 0.05) is 29.8 Å². The summed E-state index contributed by atoms with van der Waals surface area (Å²) in [5, 5.41) is 16.9. The average Bonchev–Trinajstić information content (AvgIpc) is 3.60. The normalized spacial score (nSPS) is 17.0. The molecule has 2 aromatic heterocycles. The van der Waals surface area contributed by atoms with E-state index in [0.29, 0.717) is 42.3 Å². The molecule has 47 heavy (non-hydrogen) atoms. The van der Waals surface area contributed by atoms with Gasteiger partial charge in [-0.25, -0.2) is 14.7 Å². The Hall–Kier alpha value is -5.17. The van der Waals surface area contributed by atoms with E-state index >= 15 is 0 Å². The lowest BCUT2D eigenvalue weighted by atomic mass is 9.81. The van der Waals surface area contributed by atoms with Crippen molar-refractivity contribution in [1.29, 1.82) is 0 Å². The topological polar surface area (TPSA) is 195 Å². The average molecular weight is 640 g/mol. The number of tetrazole rings is 1. The van der Waals surface area contributed by atoms with E-state index in [1.807, 2.05) is 57.2 Å². The number of hydrogen-bond donors (Lipinski definition) is 4. The van der Waals surface area contributed by atoms with Gasteiger partial charge in [-0.2, -0.15) is 5.21 Å². The number of nitrogens with zero attached hydrogens (tertiary/aromatic N) is 5. The molecule has 1 aliphatic rings. The monoisotopic (exact) mass is 639 g/mol. The van der Waals surface area contributed by atoms with Crippen LogP contribution in [0.3, 0.4) is 0 Å². The summed E-state index contributed by atoms with van der Waals surface area (Å²) in [4.78, 5) is 45.6. The van der Waals surface area contributed by atoms with Crippen LogP contribution in [0.5, 0.6) is 0 Å². The van der Waals surface area contributed by atoms with E-state index < -0.39 is 23.6 Å². The second-order valence-corrected chi connectivity index (χ2v) is 12.8. The van der Waals surface area contributed by atoms with Crippen molar-refractivity contribution in [2.24, 2.45) is 17.6 Å². The number of nitrogens with one attached hydrogen (secondary N) is 2. The van der Waals surface area contributed by atoms with Crippen molar-refractivity contribution in [3.63, 3.8) is 0 Å². The molecule has 6 N–H and O–H groups in total. The first-order chi connectivity index (χ1) is 22.5. The zero-order valence-electron chi connectivity index (χ0n) is 26.8. The highest BCUT2D eigenvalue weighted by Gasteiger charge is 2.35. The minimum absolute atomic E-state index is 0.206. The minimum atomic E-state index is -0.973. The number of amides is 3. The summed E-state index contributed by atoms with van der Waals surface area (Å²) in [6.07, 6.45) is 4.03. The molecule has 13 nitrogen and oxygen atoms in total. The highest BCUT2D eigenvalue weighted by molar-refractivity contribution is 6.17. The summed E-state index contributed by atoms with van der Waals surface area (Å²) >= 11 is 0. The number of rotatable bonds is 9. The third-order valence-corrected chi connectivity index (χ3v) is 8.18. The van der Waals surface area contributed by atoms with E-state index in [1.54, 1.807) is 30.5 Å². The minimum Gasteiger partial charge on any atom is -0.444 e. The summed E-state index contributed by atoms with van der Waals surface area (Å²) in [6.45, 7) is 5.92. The van der Waals surface area contributed by atoms with Crippen molar-refractivity contribution in [3.05, 3.63) is 72.4 Å². The van der Waals surface area contributed by atoms with E-state index in [9.17, 15) is 14.4 Å². The Morgan fingerprint density at radius 3 is 2.30 bits per heavy atom. The van der Waals surface area contributed by atoms with Gasteiger partial charge in [0.2, 0.25) is 11.7 Å². The number of H-pyrrole nitrogens is 1. The number of imide groups is 1. The predicted molar refractivity (Wildman–Crippen MR) is 178 cm³/mol. The number of nitrogen functional groups attached to an aromatic ring is 1. The fourth-order valence-electron chi connectivity index (χ4n) is 5.73. The SMILES string of the molecule is CC(C)(C)OC(=O)NCC1CCC(C(=O)N(C(=O)[C@@H](N)Cc2ccc(-c3cccnc3N)cc2)c2ccc(-c3nn[nH]n3)cc2)CC1. The molecule has 246 valence electrons. The molecule has 0 spiro atoms. The highest BCUT2D eigenvalue weighted by atomic mass is 16.6. The van der Waals surface area contributed by atoms with Crippen LogP contribution in [0, 0.1) is 11.8 Å². The number of anilines is 2. The zero-order valence-corrected chi connectivity index (χ0v) is 26.8. The number of pyridine rings is 1. The molecule has 5 rings (SSSR count). The molecule has 0 unspecified atom stereocenters. The molecule has 13 heteroatoms. The Morgan fingerprint density at radius 1 is 1.00 bits per heavy atom. The molecule has 1 fully saturated rings. The van der Waals surface area contributed by atoms with E-state index in [2.05, 4.69) is 30.9 Å². The number of aromatic nitrogens is 5. The van der Waals surface area contributed by atoms with Gasteiger partial charge in [0.05, 0.1) is 11.7 Å². The maximum Gasteiger partial charge on any atom is 0.407 e. The molecule has 1 aliphatic carbocycles. The van der Waals surface area contributed by atoms with Gasteiger partial charge in [-0.05, 0) is 112 Å². The molecule has 0 bridgehead atoms. The van der Waals surface area contributed by atoms with E-state index in [0.717, 1.165) is 29.5 Å². The van der Waals surface area contributed by atoms with Crippen LogP contribution in [-0.2, 0) is 20.7 Å². The van der Waals surface area contributed by atoms with Gasteiger partial charge in [0.1, 0.15) is 11.4 Å². The van der Waals surface area contributed by atoms with Crippen LogP contribution < -0.4 is 21.7 Å². The Labute approximate surface area is 273 Å². The van der Waals surface area contributed by atoms with Crippen molar-refractivity contribution in [3.8, 4) is 22.5 Å². The number of benzene rings is 2. The maximum absolute atomic E-state index is 14.1. The fourth-order valence-corrected chi connectivity index (χ4v) is 5.73. The summed E-state index contributed by atoms with van der Waals surface area (Å²) in [7, 11) is 0. The first-order valence-corrected chi connectivity index (χ1v) is 15.7. The van der Waals surface area contributed by atoms with Crippen LogP contribution in [0.25, 0.3) is 22.5 Å². The first-order valence-electron chi connectivity index (χ1n) is 15.7. The molecule has 2 heterocycles. The standard InChI is InChI=1S/C34H41N9O4/c1-34(2,3)47-33(46)38-20-22-8-12-25(13-9-22)31(44)43(26-16-14-24(15-17-26)30-39-41-42-40-30)32(45)28(35)19-21-6-10-23(11-7-21)27-5-4-18-37-29(27)36/h4-7,10-11,14-18,22,25,28H,8-9,12-13,19-20,35H2,1-3H3,(H2,36,37)(H,38,46)(H,39,40,41,42)/t22?,25?,28-/m0/s1. The van der Waals surface area contributed by atoms with Gasteiger partial charge in [-0.1, -0.05) is 24.3 Å². The van der Waals surface area contributed by atoms with Crippen LogP contribution in [0.1, 0.15) is 52.0 Å². The summed E-state index contributed by atoms with van der Waals surface area (Å²) in [6, 6.07) is 17.2. The fraction of sp³-hybridized carbons (Fsp3) is 0.382. The van der Waals surface area contributed by atoms with Crippen molar-refractivity contribution in [2.45, 2.75) is 64.5 Å². The van der Waals surface area contributed by atoms with E-state index in [-0.39, 0.29) is 24.2 Å². The molecule has 0 aliphatic heterocycles. The molecular weight excluding hydrogens is 598 g/mol. The number of aromatic amines is 1. The molecule has 0 saturated heterocycles. The van der Waals surface area contributed by atoms with Gasteiger partial charge >= 0.3 is 6.09 Å². The number of ether oxygens (including phenoxy) is 1. The van der Waals surface area contributed by atoms with Gasteiger partial charge in [-0.15, -0.1) is 10.2 Å². The largest absolute Gasteiger partial charge is 0.444 e. The molecule has 0 radical (unpaired) electrons. The van der Waals surface area contributed by atoms with Gasteiger partial charge < -0.3 is 21.5 Å². The number of hydrogen-bond acceptors (Lipinski definition) is 10. The Kier molecular flexibility index (Phi) is 10.2. The third kappa shape index (κ3) is 8.55. The van der Waals surface area contributed by atoms with Gasteiger partial charge in [-0.3, -0.25) is 9.59 Å². The summed E-state index contributed by atoms with van der Waals surface area (Å²) in [5.74, 6) is -0.121. The molecule has 3 amide bonds. The lowest BCUT2D eigenvalue weighted by molar-refractivity contribution is -0.130. The van der Waals surface area contributed by atoms with Gasteiger partial charge in [0.25, 0.3) is 5.91 Å². The quantitative estimate of drug-likeness (QED) is 0.205. The highest BCUT2D eigenvalue weighted by Crippen LogP contribution is 2.32. The molecule has 1 saturated carbocycles. The third-order valence-electron chi connectivity index (χ3n) is 8.18. The lowest BCUT2D eigenvalue weighted by Gasteiger charge is -2.32. The van der Waals surface area contributed by atoms with Crippen molar-refractivity contribution in [1.82, 2.24) is 30.9 Å². The van der Waals surface area contributed by atoms with Gasteiger partial charge in [0.15, 0.2) is 0 Å². The van der Waals surface area contributed by atoms with Crippen molar-refractivity contribution < 1.29 is 19.1 Å². The molecule has 4 aromatic rings. The number of alkyl carbamates (subject to hydrolysis) is 1. The molecular formula is C34H41N9O4. The smallest absolute Gasteiger partial charge is 0.407 e. The zero-order chi connectivity index (χ0) is 33.6. The summed E-state index contributed by atoms with van der Waals surface area (Å²) < 4.78 is 5.34. The Morgan fingerprint density at radius 2 is 1.68 bits per heavy atom. The maximum atomic E-state index is 14.1. The van der Waals surface area contributed by atoms with Crippen LogP contribution in [0.15, 0.2) is 66.9 Å². The van der Waals surface area contributed by atoms with Crippen LogP contribution in [0.4, 0.5) is 16.3 Å². The lowest BCUT2D eigenvalue weighted by Crippen LogP contribution is -2.50. The number of nitrogens with two attached hydrogens (primary N) is 2. The summed E-state index contributed by atoms with van der Waals surface area (Å²) in [5.41, 5.74) is 15.6. The Balaban J connectivity index is 1.29. The van der Waals surface area contributed by atoms with Crippen LogP contribution in [-0.4, -0.2) is 61.7 Å². The van der Waals surface area contributed by atoms with Crippen molar-refractivity contribution in [2.75, 3.05) is 17.2 Å². The number of carbonyl (C=O) groups is 3. The van der Waals surface area contributed by atoms with Crippen LogP contribution >= 0.6 is 0 Å². The first kappa shape index (κ1) is 33.2. The van der Waals surface area contributed by atoms with Crippen molar-refractivity contribution >= 4 is 29.4 Å². The Bertz CT molecular complexity index is 1660. The molecule has 1 atom stereocenters. The van der Waals surface area contributed by atoms with E-state index in [1.165, 1.54) is 4.90 Å². The second kappa shape index (κ2) is 14.5. The second-order valence-electron chi connectivity index (χ2n) is 12.8. The van der Waals surface area contributed by atoms with E-state index in [4.69, 9.17) is 16.2 Å². The number of carbonyl (C=O) groups excluding carboxylic acids is 3. The molecule has 2 aromatic carbocycles.